The molecule has 33 heavy (non-hydrogen) atoms. The lowest BCUT2D eigenvalue weighted by atomic mass is 9.97. The molecule has 0 unspecified atom stereocenters. The van der Waals surface area contributed by atoms with Crippen molar-refractivity contribution >= 4 is 12.0 Å². The summed E-state index contributed by atoms with van der Waals surface area (Å²) in [7, 11) is 0. The second-order valence-electron chi connectivity index (χ2n) is 9.48. The number of benzene rings is 1. The Morgan fingerprint density at radius 3 is 2.06 bits per heavy atom. The van der Waals surface area contributed by atoms with Gasteiger partial charge in [-0.3, -0.25) is 4.79 Å². The number of amides is 2. The first-order valence-corrected chi connectivity index (χ1v) is 13.2. The molecule has 0 radical (unpaired) electrons. The van der Waals surface area contributed by atoms with Crippen LogP contribution in [0.1, 0.15) is 99.9 Å². The van der Waals surface area contributed by atoms with Gasteiger partial charge in [-0.15, -0.1) is 0 Å². The van der Waals surface area contributed by atoms with E-state index in [2.05, 4.69) is 17.6 Å². The lowest BCUT2D eigenvalue weighted by Gasteiger charge is -2.30. The molecule has 1 saturated heterocycles. The van der Waals surface area contributed by atoms with Crippen molar-refractivity contribution < 1.29 is 14.7 Å². The van der Waals surface area contributed by atoms with Crippen molar-refractivity contribution in [3.63, 3.8) is 0 Å². The summed E-state index contributed by atoms with van der Waals surface area (Å²) in [5, 5.41) is 15.5. The van der Waals surface area contributed by atoms with Crippen LogP contribution < -0.4 is 10.6 Å². The number of hydrogen-bond acceptors (Lipinski definition) is 3. The van der Waals surface area contributed by atoms with Crippen LogP contribution in [0.2, 0.25) is 0 Å². The average Bonchev–Trinajstić information content (AvgIpc) is 2.83. The number of nitrogens with one attached hydrogen (secondary N) is 2. The number of hydrogen-bond donors (Lipinski definition) is 3. The van der Waals surface area contributed by atoms with Crippen LogP contribution in [-0.2, 0) is 6.54 Å². The molecule has 1 fully saturated rings. The summed E-state index contributed by atoms with van der Waals surface area (Å²) in [5.74, 6) is 0.534. The van der Waals surface area contributed by atoms with Crippen molar-refractivity contribution in [1.29, 1.82) is 0 Å². The molecule has 1 heterocycles. The molecule has 3 N–H and O–H groups in total. The van der Waals surface area contributed by atoms with Crippen molar-refractivity contribution in [2.24, 2.45) is 5.92 Å². The molecule has 0 spiro atoms. The van der Waals surface area contributed by atoms with Gasteiger partial charge in [-0.1, -0.05) is 76.8 Å². The highest BCUT2D eigenvalue weighted by molar-refractivity contribution is 5.94. The Balaban J connectivity index is 1.50. The monoisotopic (exact) mass is 459 g/mol. The van der Waals surface area contributed by atoms with E-state index in [-0.39, 0.29) is 5.91 Å². The van der Waals surface area contributed by atoms with Crippen LogP contribution in [0, 0.1) is 5.92 Å². The summed E-state index contributed by atoms with van der Waals surface area (Å²) in [6, 6.07) is 7.82. The molecule has 186 valence electrons. The van der Waals surface area contributed by atoms with Crippen molar-refractivity contribution in [3.8, 4) is 0 Å². The third-order valence-corrected chi connectivity index (χ3v) is 6.68. The maximum atomic E-state index is 12.3. The maximum Gasteiger partial charge on any atom is 0.407 e. The molecule has 0 bridgehead atoms. The molecule has 2 amide bonds. The van der Waals surface area contributed by atoms with E-state index in [1.165, 1.54) is 62.7 Å². The Hall–Kier alpha value is -2.08. The minimum Gasteiger partial charge on any atom is -0.465 e. The minimum absolute atomic E-state index is 0.00984. The number of piperidine rings is 1. The number of carbonyl (C=O) groups excluding carboxylic acids is 1. The van der Waals surface area contributed by atoms with Gasteiger partial charge in [0.25, 0.3) is 5.91 Å². The molecule has 0 aliphatic carbocycles. The van der Waals surface area contributed by atoms with E-state index in [0.29, 0.717) is 24.6 Å². The smallest absolute Gasteiger partial charge is 0.407 e. The lowest BCUT2D eigenvalue weighted by Crippen LogP contribution is -2.39. The van der Waals surface area contributed by atoms with Gasteiger partial charge in [0.15, 0.2) is 0 Å². The number of nitrogens with zero attached hydrogens (tertiary/aromatic N) is 1. The fourth-order valence-electron chi connectivity index (χ4n) is 4.44. The number of rotatable bonds is 16. The fourth-order valence-corrected chi connectivity index (χ4v) is 4.44. The Bertz CT molecular complexity index is 670. The van der Waals surface area contributed by atoms with Gasteiger partial charge in [0.05, 0.1) is 0 Å². The van der Waals surface area contributed by atoms with Gasteiger partial charge in [-0.2, -0.15) is 0 Å². The van der Waals surface area contributed by atoms with E-state index in [1.807, 2.05) is 24.3 Å². The van der Waals surface area contributed by atoms with E-state index in [1.54, 1.807) is 0 Å². The molecule has 0 saturated carbocycles. The number of carboxylic acid groups (broad SMARTS) is 1. The van der Waals surface area contributed by atoms with Gasteiger partial charge in [0, 0.05) is 31.7 Å². The third-order valence-electron chi connectivity index (χ3n) is 6.68. The highest BCUT2D eigenvalue weighted by Gasteiger charge is 2.21. The zero-order valence-corrected chi connectivity index (χ0v) is 20.6. The summed E-state index contributed by atoms with van der Waals surface area (Å²) in [5.41, 5.74) is 1.87. The lowest BCUT2D eigenvalue weighted by molar-refractivity contribution is 0.0952. The van der Waals surface area contributed by atoms with Crippen molar-refractivity contribution in [3.05, 3.63) is 35.4 Å². The molecule has 6 nitrogen and oxygen atoms in total. The van der Waals surface area contributed by atoms with Crippen LogP contribution in [-0.4, -0.2) is 48.2 Å². The van der Waals surface area contributed by atoms with Crippen LogP contribution in [0.4, 0.5) is 4.79 Å². The number of carbonyl (C=O) groups is 2. The van der Waals surface area contributed by atoms with Crippen molar-refractivity contribution in [2.45, 2.75) is 90.5 Å². The molecule has 1 aromatic carbocycles. The summed E-state index contributed by atoms with van der Waals surface area (Å²) >= 11 is 0. The van der Waals surface area contributed by atoms with Gasteiger partial charge in [0.1, 0.15) is 0 Å². The molecule has 1 aromatic rings. The average molecular weight is 460 g/mol. The van der Waals surface area contributed by atoms with Gasteiger partial charge in [-0.25, -0.2) is 4.79 Å². The molecule has 0 atom stereocenters. The standard InChI is InChI=1S/C27H45N3O3/c1-2-3-4-5-6-7-8-9-10-11-18-29-26(31)25-14-12-23(13-15-25)21-28-22-24-16-19-30(20-17-24)27(32)33/h12-15,24,28H,2-11,16-22H2,1H3,(H,29,31)(H,32,33). The summed E-state index contributed by atoms with van der Waals surface area (Å²) in [4.78, 5) is 24.8. The number of unbranched alkanes of at least 4 members (excludes halogenated alkanes) is 9. The van der Waals surface area contributed by atoms with Crippen LogP contribution in [0.3, 0.4) is 0 Å². The van der Waals surface area contributed by atoms with Crippen LogP contribution >= 0.6 is 0 Å². The van der Waals surface area contributed by atoms with Crippen LogP contribution in [0.25, 0.3) is 0 Å². The van der Waals surface area contributed by atoms with E-state index in [9.17, 15) is 9.59 Å². The Morgan fingerprint density at radius 2 is 1.48 bits per heavy atom. The van der Waals surface area contributed by atoms with Gasteiger partial charge in [-0.05, 0) is 49.4 Å². The molecule has 0 aromatic heterocycles. The zero-order valence-electron chi connectivity index (χ0n) is 20.6. The SMILES string of the molecule is CCCCCCCCCCCCNC(=O)c1ccc(CNCC2CCN(C(=O)O)CC2)cc1. The van der Waals surface area contributed by atoms with Crippen molar-refractivity contribution in [2.75, 3.05) is 26.2 Å². The van der Waals surface area contributed by atoms with Gasteiger partial charge in [0.2, 0.25) is 0 Å². The molecule has 6 heteroatoms. The van der Waals surface area contributed by atoms with E-state index < -0.39 is 6.09 Å². The first-order chi connectivity index (χ1) is 16.1. The van der Waals surface area contributed by atoms with E-state index in [0.717, 1.165) is 44.5 Å². The van der Waals surface area contributed by atoms with Crippen LogP contribution in [0.5, 0.6) is 0 Å². The second-order valence-corrected chi connectivity index (χ2v) is 9.48. The van der Waals surface area contributed by atoms with E-state index in [4.69, 9.17) is 5.11 Å². The quantitative estimate of drug-likeness (QED) is 0.272. The molecular weight excluding hydrogens is 414 g/mol. The molecule has 1 aliphatic heterocycles. The second kappa shape index (κ2) is 16.5. The Labute approximate surface area is 200 Å². The number of likely N-dealkylation sites (tertiary alicyclic amines) is 1. The molecule has 1 aliphatic rings. The third kappa shape index (κ3) is 11.6. The highest BCUT2D eigenvalue weighted by atomic mass is 16.4. The zero-order chi connectivity index (χ0) is 23.7. The fraction of sp³-hybridized carbons (Fsp3) is 0.704. The van der Waals surface area contributed by atoms with Gasteiger partial charge < -0.3 is 20.6 Å². The minimum atomic E-state index is -0.811. The predicted octanol–water partition coefficient (Wildman–Crippen LogP) is 5.82. The van der Waals surface area contributed by atoms with Gasteiger partial charge >= 0.3 is 6.09 Å². The largest absolute Gasteiger partial charge is 0.465 e. The normalized spacial score (nSPS) is 14.4. The Morgan fingerprint density at radius 1 is 0.909 bits per heavy atom. The summed E-state index contributed by atoms with van der Waals surface area (Å²) in [6.45, 7) is 5.93. The molecule has 2 rings (SSSR count). The summed E-state index contributed by atoms with van der Waals surface area (Å²) in [6.07, 6.45) is 14.0. The van der Waals surface area contributed by atoms with Crippen LogP contribution in [0.15, 0.2) is 24.3 Å². The highest BCUT2D eigenvalue weighted by Crippen LogP contribution is 2.16. The summed E-state index contributed by atoms with van der Waals surface area (Å²) < 4.78 is 0. The Kier molecular flexibility index (Phi) is 13.6. The predicted molar refractivity (Wildman–Crippen MR) is 135 cm³/mol. The van der Waals surface area contributed by atoms with Crippen molar-refractivity contribution in [1.82, 2.24) is 15.5 Å². The maximum absolute atomic E-state index is 12.3. The topological polar surface area (TPSA) is 81.7 Å². The first kappa shape index (κ1) is 27.2. The molecular formula is C27H45N3O3. The van der Waals surface area contributed by atoms with E-state index >= 15 is 0 Å². The first-order valence-electron chi connectivity index (χ1n) is 13.2.